The lowest BCUT2D eigenvalue weighted by atomic mass is 10.3. The van der Waals surface area contributed by atoms with Gasteiger partial charge >= 0.3 is 0 Å². The van der Waals surface area contributed by atoms with Crippen molar-refractivity contribution in [3.63, 3.8) is 0 Å². The number of halogens is 2. The number of rotatable bonds is 5. The van der Waals surface area contributed by atoms with Gasteiger partial charge in [-0.3, -0.25) is 0 Å². The van der Waals surface area contributed by atoms with Gasteiger partial charge in [0.25, 0.3) is 0 Å². The number of hydrogen-bond donors (Lipinski definition) is 2. The Balaban J connectivity index is 2.01. The van der Waals surface area contributed by atoms with Crippen LogP contribution in [-0.4, -0.2) is 51.0 Å². The van der Waals surface area contributed by atoms with Crippen LogP contribution < -0.4 is 10.5 Å². The summed E-state index contributed by atoms with van der Waals surface area (Å²) in [5.41, 5.74) is 5.90. The van der Waals surface area contributed by atoms with Gasteiger partial charge in [-0.25, -0.2) is 13.1 Å². The van der Waals surface area contributed by atoms with E-state index in [0.717, 1.165) is 24.6 Å². The second kappa shape index (κ2) is 7.39. The van der Waals surface area contributed by atoms with Gasteiger partial charge in [-0.1, -0.05) is 23.2 Å². The molecule has 21 heavy (non-hydrogen) atoms. The molecule has 1 fully saturated rings. The molecule has 3 N–H and O–H groups in total. The fourth-order valence-corrected chi connectivity index (χ4v) is 5.30. The van der Waals surface area contributed by atoms with E-state index in [9.17, 15) is 8.42 Å². The second-order valence-electron chi connectivity index (χ2n) is 4.67. The summed E-state index contributed by atoms with van der Waals surface area (Å²) in [6, 6.07) is 2.76. The molecular weight excluding hydrogens is 353 g/mol. The fourth-order valence-electron chi connectivity index (χ4n) is 2.07. The van der Waals surface area contributed by atoms with E-state index >= 15 is 0 Å². The summed E-state index contributed by atoms with van der Waals surface area (Å²) >= 11 is 13.8. The molecule has 0 bridgehead atoms. The zero-order valence-electron chi connectivity index (χ0n) is 11.3. The Morgan fingerprint density at radius 1 is 1.24 bits per heavy atom. The number of nitrogens with zero attached hydrogens (tertiary/aromatic N) is 1. The smallest absolute Gasteiger partial charge is 0.243 e. The third-order valence-corrected chi connectivity index (χ3v) is 6.44. The quantitative estimate of drug-likeness (QED) is 0.775. The van der Waals surface area contributed by atoms with Crippen molar-refractivity contribution in [3.05, 3.63) is 22.2 Å². The van der Waals surface area contributed by atoms with Crippen molar-refractivity contribution in [2.24, 2.45) is 0 Å². The zero-order valence-corrected chi connectivity index (χ0v) is 14.5. The molecule has 0 spiro atoms. The van der Waals surface area contributed by atoms with E-state index in [1.54, 1.807) is 0 Å². The van der Waals surface area contributed by atoms with Crippen LogP contribution in [0.1, 0.15) is 0 Å². The summed E-state index contributed by atoms with van der Waals surface area (Å²) in [4.78, 5) is 2.11. The predicted octanol–water partition coefficient (Wildman–Crippen LogP) is 1.90. The van der Waals surface area contributed by atoms with Crippen LogP contribution in [0.3, 0.4) is 0 Å². The topological polar surface area (TPSA) is 75.4 Å². The number of benzene rings is 1. The van der Waals surface area contributed by atoms with Crippen LogP contribution in [0, 0.1) is 0 Å². The van der Waals surface area contributed by atoms with Crippen LogP contribution in [0.5, 0.6) is 0 Å². The molecule has 0 saturated carbocycles. The van der Waals surface area contributed by atoms with Gasteiger partial charge in [0.15, 0.2) is 0 Å². The summed E-state index contributed by atoms with van der Waals surface area (Å²) in [5, 5.41) is 0.0590. The van der Waals surface area contributed by atoms with Gasteiger partial charge in [0.2, 0.25) is 10.0 Å². The van der Waals surface area contributed by atoms with E-state index in [1.807, 2.05) is 11.8 Å². The molecular formula is C12H17Cl2N3O2S2. The van der Waals surface area contributed by atoms with Crippen LogP contribution in [0.4, 0.5) is 5.69 Å². The number of thioether (sulfide) groups is 1. The molecule has 5 nitrogen and oxygen atoms in total. The fraction of sp³-hybridized carbons (Fsp3) is 0.500. The van der Waals surface area contributed by atoms with Gasteiger partial charge in [0.1, 0.15) is 4.90 Å². The Labute approximate surface area is 139 Å². The highest BCUT2D eigenvalue weighted by Gasteiger charge is 2.22. The van der Waals surface area contributed by atoms with E-state index in [1.165, 1.54) is 12.1 Å². The van der Waals surface area contributed by atoms with Gasteiger partial charge in [-0.15, -0.1) is 0 Å². The normalized spacial score (nSPS) is 17.0. The summed E-state index contributed by atoms with van der Waals surface area (Å²) in [6.07, 6.45) is 0. The highest BCUT2D eigenvalue weighted by atomic mass is 35.5. The molecule has 0 atom stereocenters. The van der Waals surface area contributed by atoms with Crippen molar-refractivity contribution in [3.8, 4) is 0 Å². The number of sulfonamides is 1. The lowest BCUT2D eigenvalue weighted by Gasteiger charge is -2.26. The third kappa shape index (κ3) is 4.64. The number of anilines is 1. The number of nitrogens with one attached hydrogen (secondary N) is 1. The molecule has 1 heterocycles. The van der Waals surface area contributed by atoms with E-state index in [4.69, 9.17) is 28.9 Å². The summed E-state index contributed by atoms with van der Waals surface area (Å²) in [6.45, 7) is 2.96. The highest BCUT2D eigenvalue weighted by molar-refractivity contribution is 7.99. The lowest BCUT2D eigenvalue weighted by molar-refractivity contribution is 0.307. The maximum absolute atomic E-state index is 12.3. The number of nitrogen functional groups attached to an aromatic ring is 1. The Kier molecular flexibility index (Phi) is 6.05. The van der Waals surface area contributed by atoms with Crippen LogP contribution in [-0.2, 0) is 10.0 Å². The SMILES string of the molecule is Nc1cc(Cl)c(S(=O)(=O)NCCN2CCSCC2)c(Cl)c1. The van der Waals surface area contributed by atoms with E-state index < -0.39 is 10.0 Å². The maximum Gasteiger partial charge on any atom is 0.243 e. The molecule has 0 radical (unpaired) electrons. The van der Waals surface area contributed by atoms with E-state index in [0.29, 0.717) is 18.8 Å². The molecule has 2 rings (SSSR count). The molecule has 0 aliphatic carbocycles. The average molecular weight is 370 g/mol. The van der Waals surface area contributed by atoms with Gasteiger partial charge in [0.05, 0.1) is 10.0 Å². The second-order valence-corrected chi connectivity index (χ2v) is 8.41. The molecule has 9 heteroatoms. The molecule has 1 aliphatic heterocycles. The van der Waals surface area contributed by atoms with Crippen molar-refractivity contribution in [2.45, 2.75) is 4.90 Å². The zero-order chi connectivity index (χ0) is 15.5. The van der Waals surface area contributed by atoms with Gasteiger partial charge in [-0.2, -0.15) is 11.8 Å². The van der Waals surface area contributed by atoms with E-state index in [2.05, 4.69) is 9.62 Å². The third-order valence-electron chi connectivity index (χ3n) is 3.11. The largest absolute Gasteiger partial charge is 0.399 e. The first-order valence-electron chi connectivity index (χ1n) is 6.44. The Morgan fingerprint density at radius 2 is 1.81 bits per heavy atom. The molecule has 0 aromatic heterocycles. The molecule has 118 valence electrons. The first-order valence-corrected chi connectivity index (χ1v) is 9.84. The Bertz CT molecular complexity index is 582. The first-order chi connectivity index (χ1) is 9.90. The van der Waals surface area contributed by atoms with Gasteiger partial charge < -0.3 is 10.6 Å². The summed E-state index contributed by atoms with van der Waals surface area (Å²) in [7, 11) is -3.74. The van der Waals surface area contributed by atoms with Crippen LogP contribution in [0.2, 0.25) is 10.0 Å². The molecule has 1 aliphatic rings. The molecule has 1 aromatic carbocycles. The van der Waals surface area contributed by atoms with Crippen molar-refractivity contribution in [1.29, 1.82) is 0 Å². The summed E-state index contributed by atoms with van der Waals surface area (Å²) < 4.78 is 27.1. The minimum Gasteiger partial charge on any atom is -0.399 e. The van der Waals surface area contributed by atoms with Crippen LogP contribution >= 0.6 is 35.0 Å². The molecule has 0 amide bonds. The molecule has 1 saturated heterocycles. The van der Waals surface area contributed by atoms with Crippen LogP contribution in [0.15, 0.2) is 17.0 Å². The average Bonchev–Trinajstić information content (AvgIpc) is 2.38. The highest BCUT2D eigenvalue weighted by Crippen LogP contribution is 2.31. The van der Waals surface area contributed by atoms with Crippen molar-refractivity contribution >= 4 is 50.7 Å². The number of nitrogens with two attached hydrogens (primary N) is 1. The van der Waals surface area contributed by atoms with Crippen molar-refractivity contribution < 1.29 is 8.42 Å². The lowest BCUT2D eigenvalue weighted by Crippen LogP contribution is -2.39. The molecule has 0 unspecified atom stereocenters. The predicted molar refractivity (Wildman–Crippen MR) is 89.8 cm³/mol. The van der Waals surface area contributed by atoms with Crippen LogP contribution in [0.25, 0.3) is 0 Å². The van der Waals surface area contributed by atoms with Crippen molar-refractivity contribution in [1.82, 2.24) is 9.62 Å². The number of hydrogen-bond acceptors (Lipinski definition) is 5. The van der Waals surface area contributed by atoms with Crippen molar-refractivity contribution in [2.75, 3.05) is 43.4 Å². The first kappa shape index (κ1) is 17.2. The molecule has 1 aromatic rings. The minimum atomic E-state index is -3.74. The maximum atomic E-state index is 12.3. The Morgan fingerprint density at radius 3 is 2.38 bits per heavy atom. The minimum absolute atomic E-state index is 0.0295. The standard InChI is InChI=1S/C12H17Cl2N3O2S2/c13-10-7-9(15)8-11(14)12(10)21(18,19)16-1-2-17-3-5-20-6-4-17/h7-8,16H,1-6,15H2. The van der Waals surface area contributed by atoms with Gasteiger partial charge in [0, 0.05) is 43.4 Å². The monoisotopic (exact) mass is 369 g/mol. The Hall–Kier alpha value is -0.180. The van der Waals surface area contributed by atoms with E-state index in [-0.39, 0.29) is 14.9 Å². The van der Waals surface area contributed by atoms with Gasteiger partial charge in [-0.05, 0) is 12.1 Å². The summed E-state index contributed by atoms with van der Waals surface area (Å²) in [5.74, 6) is 2.17.